The zero-order chi connectivity index (χ0) is 23.5. The number of rotatable bonds is 7. The SMILES string of the molecule is Cc1cc(C(=O)NC(C)c2cnc(OCC(F)(F)F)c(C)c2)nc(NC(=O)C2CCC2)n1. The van der Waals surface area contributed by atoms with Gasteiger partial charge in [-0.1, -0.05) is 6.42 Å². The van der Waals surface area contributed by atoms with Gasteiger partial charge in [-0.15, -0.1) is 0 Å². The van der Waals surface area contributed by atoms with Crippen molar-refractivity contribution < 1.29 is 27.5 Å². The molecule has 0 aromatic carbocycles. The number of aryl methyl sites for hydroxylation is 2. The summed E-state index contributed by atoms with van der Waals surface area (Å²) in [5.74, 6) is -0.741. The second-order valence-corrected chi connectivity index (χ2v) is 7.82. The van der Waals surface area contributed by atoms with Gasteiger partial charge in [-0.25, -0.2) is 15.0 Å². The van der Waals surface area contributed by atoms with Crippen molar-refractivity contribution in [3.05, 3.63) is 40.8 Å². The Morgan fingerprint density at radius 3 is 2.53 bits per heavy atom. The number of halogens is 3. The fraction of sp³-hybridized carbons (Fsp3) is 0.476. The average molecular weight is 451 g/mol. The molecule has 0 radical (unpaired) electrons. The minimum Gasteiger partial charge on any atom is -0.468 e. The van der Waals surface area contributed by atoms with Crippen molar-refractivity contribution >= 4 is 17.8 Å². The highest BCUT2D eigenvalue weighted by Gasteiger charge is 2.29. The molecule has 2 aromatic rings. The van der Waals surface area contributed by atoms with Crippen LogP contribution in [0.5, 0.6) is 5.88 Å². The molecule has 0 spiro atoms. The minimum atomic E-state index is -4.46. The van der Waals surface area contributed by atoms with Crippen LogP contribution in [0.4, 0.5) is 19.1 Å². The van der Waals surface area contributed by atoms with Crippen LogP contribution in [0.1, 0.15) is 59.5 Å². The van der Waals surface area contributed by atoms with Crippen LogP contribution >= 0.6 is 0 Å². The molecule has 1 saturated carbocycles. The number of ether oxygens (including phenoxy) is 1. The predicted molar refractivity (Wildman–Crippen MR) is 109 cm³/mol. The molecule has 2 N–H and O–H groups in total. The van der Waals surface area contributed by atoms with Gasteiger partial charge in [0.25, 0.3) is 5.91 Å². The van der Waals surface area contributed by atoms with E-state index in [0.29, 0.717) is 16.8 Å². The minimum absolute atomic E-state index is 0.0461. The quantitative estimate of drug-likeness (QED) is 0.666. The first kappa shape index (κ1) is 23.4. The maximum absolute atomic E-state index is 12.7. The number of carbonyl (C=O) groups excluding carboxylic acids is 2. The van der Waals surface area contributed by atoms with Crippen LogP contribution in [0.15, 0.2) is 18.3 Å². The van der Waals surface area contributed by atoms with Crippen molar-refractivity contribution in [1.29, 1.82) is 0 Å². The number of nitrogens with zero attached hydrogens (tertiary/aromatic N) is 3. The van der Waals surface area contributed by atoms with Crippen molar-refractivity contribution in [2.75, 3.05) is 11.9 Å². The van der Waals surface area contributed by atoms with Gasteiger partial charge in [-0.05, 0) is 51.3 Å². The molecular formula is C21H24F3N5O3. The van der Waals surface area contributed by atoms with E-state index in [9.17, 15) is 22.8 Å². The van der Waals surface area contributed by atoms with Gasteiger partial charge >= 0.3 is 6.18 Å². The highest BCUT2D eigenvalue weighted by Crippen LogP contribution is 2.27. The summed E-state index contributed by atoms with van der Waals surface area (Å²) in [5, 5.41) is 5.42. The topological polar surface area (TPSA) is 106 Å². The molecule has 2 amide bonds. The first-order valence-corrected chi connectivity index (χ1v) is 10.2. The summed E-state index contributed by atoms with van der Waals surface area (Å²) in [6, 6.07) is 2.59. The Morgan fingerprint density at radius 1 is 1.22 bits per heavy atom. The number of nitrogens with one attached hydrogen (secondary N) is 2. The lowest BCUT2D eigenvalue weighted by molar-refractivity contribution is -0.154. The first-order chi connectivity index (χ1) is 15.0. The lowest BCUT2D eigenvalue weighted by atomic mass is 9.85. The van der Waals surface area contributed by atoms with Crippen molar-refractivity contribution in [2.45, 2.75) is 52.3 Å². The maximum atomic E-state index is 12.7. The zero-order valence-electron chi connectivity index (χ0n) is 17.9. The van der Waals surface area contributed by atoms with Gasteiger partial charge in [0, 0.05) is 23.4 Å². The Bertz CT molecular complexity index is 1010. The molecule has 0 bridgehead atoms. The molecule has 1 aliphatic carbocycles. The molecule has 8 nitrogen and oxygen atoms in total. The van der Waals surface area contributed by atoms with E-state index in [1.807, 2.05) is 0 Å². The standard InChI is InChI=1S/C21H24F3N5O3/c1-11-7-15(9-25-19(11)32-10-21(22,23)24)13(3)27-18(31)16-8-12(2)26-20(28-16)29-17(30)14-5-4-6-14/h7-9,13-14H,4-6,10H2,1-3H3,(H,27,31)(H,26,28,29,30). The lowest BCUT2D eigenvalue weighted by Gasteiger charge is -2.23. The summed E-state index contributed by atoms with van der Waals surface area (Å²) in [6.07, 6.45) is -0.437. The number of pyridine rings is 1. The van der Waals surface area contributed by atoms with Crippen LogP contribution in [0, 0.1) is 19.8 Å². The van der Waals surface area contributed by atoms with Crippen molar-refractivity contribution in [1.82, 2.24) is 20.3 Å². The second-order valence-electron chi connectivity index (χ2n) is 7.82. The van der Waals surface area contributed by atoms with Crippen molar-refractivity contribution in [3.8, 4) is 5.88 Å². The maximum Gasteiger partial charge on any atom is 0.422 e. The van der Waals surface area contributed by atoms with E-state index in [-0.39, 0.29) is 29.3 Å². The third-order valence-electron chi connectivity index (χ3n) is 5.07. The number of carbonyl (C=O) groups is 2. The Labute approximate surface area is 183 Å². The number of anilines is 1. The van der Waals surface area contributed by atoms with Gasteiger partial charge in [0.2, 0.25) is 17.7 Å². The molecule has 0 aliphatic heterocycles. The highest BCUT2D eigenvalue weighted by atomic mass is 19.4. The van der Waals surface area contributed by atoms with E-state index in [1.54, 1.807) is 26.8 Å². The highest BCUT2D eigenvalue weighted by molar-refractivity contribution is 5.94. The van der Waals surface area contributed by atoms with Gasteiger partial charge in [0.05, 0.1) is 6.04 Å². The molecule has 0 saturated heterocycles. The first-order valence-electron chi connectivity index (χ1n) is 10.2. The number of amides is 2. The van der Waals surface area contributed by atoms with E-state index in [4.69, 9.17) is 4.74 Å². The Morgan fingerprint density at radius 2 is 1.94 bits per heavy atom. The largest absolute Gasteiger partial charge is 0.468 e. The molecule has 3 rings (SSSR count). The smallest absolute Gasteiger partial charge is 0.422 e. The fourth-order valence-electron chi connectivity index (χ4n) is 3.10. The molecule has 11 heteroatoms. The summed E-state index contributed by atoms with van der Waals surface area (Å²) >= 11 is 0. The molecule has 2 aromatic heterocycles. The van der Waals surface area contributed by atoms with E-state index < -0.39 is 24.7 Å². The summed E-state index contributed by atoms with van der Waals surface area (Å²) < 4.78 is 41.7. The Kier molecular flexibility index (Phi) is 6.95. The Hall–Kier alpha value is -3.24. The van der Waals surface area contributed by atoms with Crippen LogP contribution in [-0.4, -0.2) is 39.5 Å². The Balaban J connectivity index is 1.66. The second kappa shape index (κ2) is 9.49. The molecule has 1 unspecified atom stereocenters. The third kappa shape index (κ3) is 6.14. The van der Waals surface area contributed by atoms with E-state index in [1.165, 1.54) is 12.3 Å². The number of aromatic nitrogens is 3. The van der Waals surface area contributed by atoms with Crippen LogP contribution in [0.3, 0.4) is 0 Å². The molecule has 1 atom stereocenters. The monoisotopic (exact) mass is 451 g/mol. The van der Waals surface area contributed by atoms with Gasteiger partial charge < -0.3 is 10.1 Å². The van der Waals surface area contributed by atoms with Crippen molar-refractivity contribution in [2.24, 2.45) is 5.92 Å². The van der Waals surface area contributed by atoms with Gasteiger partial charge in [-0.3, -0.25) is 14.9 Å². The summed E-state index contributed by atoms with van der Waals surface area (Å²) in [6.45, 7) is 3.53. The van der Waals surface area contributed by atoms with E-state index in [2.05, 4.69) is 25.6 Å². The molecule has 1 aliphatic rings. The summed E-state index contributed by atoms with van der Waals surface area (Å²) in [4.78, 5) is 37.1. The van der Waals surface area contributed by atoms with E-state index in [0.717, 1.165) is 19.3 Å². The van der Waals surface area contributed by atoms with Gasteiger partial charge in [0.15, 0.2) is 6.61 Å². The van der Waals surface area contributed by atoms with Crippen molar-refractivity contribution in [3.63, 3.8) is 0 Å². The number of alkyl halides is 3. The average Bonchev–Trinajstić information content (AvgIpc) is 2.64. The molecule has 2 heterocycles. The lowest BCUT2D eigenvalue weighted by Crippen LogP contribution is -2.30. The fourth-order valence-corrected chi connectivity index (χ4v) is 3.10. The molecule has 172 valence electrons. The third-order valence-corrected chi connectivity index (χ3v) is 5.07. The predicted octanol–water partition coefficient (Wildman–Crippen LogP) is 3.66. The van der Waals surface area contributed by atoms with Crippen LogP contribution in [0.25, 0.3) is 0 Å². The zero-order valence-corrected chi connectivity index (χ0v) is 17.9. The molecular weight excluding hydrogens is 427 g/mol. The van der Waals surface area contributed by atoms with Crippen LogP contribution in [-0.2, 0) is 4.79 Å². The number of hydrogen-bond acceptors (Lipinski definition) is 6. The van der Waals surface area contributed by atoms with Crippen LogP contribution in [0.2, 0.25) is 0 Å². The van der Waals surface area contributed by atoms with E-state index >= 15 is 0 Å². The van der Waals surface area contributed by atoms with Gasteiger partial charge in [0.1, 0.15) is 5.69 Å². The number of hydrogen-bond donors (Lipinski definition) is 2. The van der Waals surface area contributed by atoms with Gasteiger partial charge in [-0.2, -0.15) is 13.2 Å². The summed E-state index contributed by atoms with van der Waals surface area (Å²) in [7, 11) is 0. The van der Waals surface area contributed by atoms with Crippen LogP contribution < -0.4 is 15.4 Å². The molecule has 32 heavy (non-hydrogen) atoms. The summed E-state index contributed by atoms with van der Waals surface area (Å²) in [5.41, 5.74) is 1.60. The molecule has 1 fully saturated rings. The normalized spacial score (nSPS) is 14.9.